The van der Waals surface area contributed by atoms with Crippen LogP contribution in [-0.2, 0) is 9.53 Å². The Morgan fingerprint density at radius 2 is 2.39 bits per heavy atom. The summed E-state index contributed by atoms with van der Waals surface area (Å²) in [7, 11) is 0. The molecule has 98 valence electrons. The molecular formula is C13H17BrN2O2. The van der Waals surface area contributed by atoms with Gasteiger partial charge < -0.3 is 15.4 Å². The Morgan fingerprint density at radius 3 is 3.11 bits per heavy atom. The summed E-state index contributed by atoms with van der Waals surface area (Å²) in [4.78, 5) is 13.7. The quantitative estimate of drug-likeness (QED) is 0.924. The number of ether oxygens (including phenoxy) is 1. The molecule has 2 rings (SSSR count). The van der Waals surface area contributed by atoms with Crippen molar-refractivity contribution in [1.82, 2.24) is 4.90 Å². The van der Waals surface area contributed by atoms with E-state index in [-0.39, 0.29) is 12.0 Å². The highest BCUT2D eigenvalue weighted by Gasteiger charge is 2.24. The first-order chi connectivity index (χ1) is 8.70. The number of benzene rings is 1. The van der Waals surface area contributed by atoms with Crippen LogP contribution in [0.4, 0.5) is 0 Å². The fraction of sp³-hybridized carbons (Fsp3) is 0.462. The summed E-state index contributed by atoms with van der Waals surface area (Å²) in [6.07, 6.45) is 0.364. The molecule has 1 amide bonds. The minimum absolute atomic E-state index is 0.0435. The average Bonchev–Trinajstić information content (AvgIpc) is 2.39. The van der Waals surface area contributed by atoms with Crippen molar-refractivity contribution in [3.05, 3.63) is 34.3 Å². The van der Waals surface area contributed by atoms with Crippen LogP contribution >= 0.6 is 15.9 Å². The third-order valence-electron chi connectivity index (χ3n) is 3.00. The molecule has 1 atom stereocenters. The number of carbonyl (C=O) groups excluding carboxylic acids is 1. The largest absolute Gasteiger partial charge is 0.370 e. The Bertz CT molecular complexity index is 425. The molecule has 1 aliphatic heterocycles. The zero-order valence-electron chi connectivity index (χ0n) is 10.1. The molecule has 1 aromatic carbocycles. The number of halogens is 1. The van der Waals surface area contributed by atoms with Gasteiger partial charge in [0.05, 0.1) is 13.2 Å². The maximum absolute atomic E-state index is 11.8. The first-order valence-electron chi connectivity index (χ1n) is 6.05. The van der Waals surface area contributed by atoms with Gasteiger partial charge in [0, 0.05) is 24.0 Å². The number of carbonyl (C=O) groups is 1. The van der Waals surface area contributed by atoms with Crippen molar-refractivity contribution in [2.45, 2.75) is 12.5 Å². The van der Waals surface area contributed by atoms with Gasteiger partial charge in [-0.15, -0.1) is 0 Å². The molecule has 1 fully saturated rings. The number of morpholine rings is 1. The predicted molar refractivity (Wildman–Crippen MR) is 73.1 cm³/mol. The fourth-order valence-corrected chi connectivity index (χ4v) is 2.48. The van der Waals surface area contributed by atoms with E-state index >= 15 is 0 Å². The molecule has 4 nitrogen and oxygen atoms in total. The van der Waals surface area contributed by atoms with Gasteiger partial charge in [-0.25, -0.2) is 0 Å². The van der Waals surface area contributed by atoms with Crippen LogP contribution in [0.1, 0.15) is 18.1 Å². The van der Waals surface area contributed by atoms with E-state index in [0.717, 1.165) is 10.0 Å². The Labute approximate surface area is 115 Å². The van der Waals surface area contributed by atoms with Crippen LogP contribution in [0.25, 0.3) is 0 Å². The van der Waals surface area contributed by atoms with E-state index < -0.39 is 0 Å². The first-order valence-corrected chi connectivity index (χ1v) is 6.85. The van der Waals surface area contributed by atoms with E-state index in [4.69, 9.17) is 10.5 Å². The Kier molecular flexibility index (Phi) is 4.74. The minimum Gasteiger partial charge on any atom is -0.370 e. The zero-order valence-corrected chi connectivity index (χ0v) is 11.7. The van der Waals surface area contributed by atoms with E-state index in [1.54, 1.807) is 0 Å². The highest BCUT2D eigenvalue weighted by atomic mass is 79.9. The molecule has 5 heteroatoms. The SMILES string of the molecule is NCCC(=O)N1CCOC(c2cccc(Br)c2)C1. The topological polar surface area (TPSA) is 55.6 Å². The molecule has 1 aromatic rings. The van der Waals surface area contributed by atoms with Crippen molar-refractivity contribution in [3.63, 3.8) is 0 Å². The number of amides is 1. The van der Waals surface area contributed by atoms with Crippen molar-refractivity contribution in [1.29, 1.82) is 0 Å². The van der Waals surface area contributed by atoms with Crippen molar-refractivity contribution in [3.8, 4) is 0 Å². The maximum Gasteiger partial charge on any atom is 0.224 e. The lowest BCUT2D eigenvalue weighted by molar-refractivity contribution is -0.138. The van der Waals surface area contributed by atoms with Gasteiger partial charge in [-0.3, -0.25) is 4.79 Å². The fourth-order valence-electron chi connectivity index (χ4n) is 2.07. The Hall–Kier alpha value is -0.910. The molecule has 18 heavy (non-hydrogen) atoms. The molecule has 0 bridgehead atoms. The van der Waals surface area contributed by atoms with Crippen LogP contribution in [0.2, 0.25) is 0 Å². The van der Waals surface area contributed by atoms with Crippen LogP contribution < -0.4 is 5.73 Å². The summed E-state index contributed by atoms with van der Waals surface area (Å²) in [6, 6.07) is 8.00. The summed E-state index contributed by atoms with van der Waals surface area (Å²) in [5.74, 6) is 0.112. The number of nitrogens with two attached hydrogens (primary N) is 1. The third kappa shape index (κ3) is 3.31. The van der Waals surface area contributed by atoms with Gasteiger partial charge in [-0.1, -0.05) is 28.1 Å². The summed E-state index contributed by atoms with van der Waals surface area (Å²) >= 11 is 3.45. The highest BCUT2D eigenvalue weighted by Crippen LogP contribution is 2.24. The second kappa shape index (κ2) is 6.31. The van der Waals surface area contributed by atoms with Crippen molar-refractivity contribution < 1.29 is 9.53 Å². The molecule has 0 spiro atoms. The van der Waals surface area contributed by atoms with Crippen LogP contribution in [0, 0.1) is 0 Å². The average molecular weight is 313 g/mol. The van der Waals surface area contributed by atoms with Gasteiger partial charge in [0.1, 0.15) is 6.10 Å². The predicted octanol–water partition coefficient (Wildman–Crippen LogP) is 1.70. The normalized spacial score (nSPS) is 19.9. The Morgan fingerprint density at radius 1 is 1.56 bits per heavy atom. The molecule has 1 unspecified atom stereocenters. The van der Waals surface area contributed by atoms with Crippen molar-refractivity contribution in [2.24, 2.45) is 5.73 Å². The monoisotopic (exact) mass is 312 g/mol. The van der Waals surface area contributed by atoms with Crippen LogP contribution in [-0.4, -0.2) is 37.0 Å². The maximum atomic E-state index is 11.8. The van der Waals surface area contributed by atoms with E-state index in [0.29, 0.717) is 32.7 Å². The molecule has 2 N–H and O–H groups in total. The van der Waals surface area contributed by atoms with Crippen LogP contribution in [0.15, 0.2) is 28.7 Å². The van der Waals surface area contributed by atoms with Crippen LogP contribution in [0.3, 0.4) is 0 Å². The van der Waals surface area contributed by atoms with Crippen LogP contribution in [0.5, 0.6) is 0 Å². The van der Waals surface area contributed by atoms with Gasteiger partial charge in [0.25, 0.3) is 0 Å². The summed E-state index contributed by atoms with van der Waals surface area (Å²) in [6.45, 7) is 2.24. The lowest BCUT2D eigenvalue weighted by Gasteiger charge is -2.33. The smallest absolute Gasteiger partial charge is 0.224 e. The number of rotatable bonds is 3. The third-order valence-corrected chi connectivity index (χ3v) is 3.49. The molecule has 0 saturated carbocycles. The van der Waals surface area contributed by atoms with E-state index in [1.807, 2.05) is 29.2 Å². The molecule has 0 aliphatic carbocycles. The molecular weight excluding hydrogens is 296 g/mol. The van der Waals surface area contributed by atoms with Crippen molar-refractivity contribution in [2.75, 3.05) is 26.2 Å². The zero-order chi connectivity index (χ0) is 13.0. The standard InChI is InChI=1S/C13H17BrN2O2/c14-11-3-1-2-10(8-11)12-9-16(6-7-18-12)13(17)4-5-15/h1-3,8,12H,4-7,9,15H2. The number of hydrogen-bond donors (Lipinski definition) is 1. The first kappa shape index (κ1) is 13.5. The molecule has 1 heterocycles. The van der Waals surface area contributed by atoms with Gasteiger partial charge in [-0.05, 0) is 17.7 Å². The van der Waals surface area contributed by atoms with E-state index in [9.17, 15) is 4.79 Å². The summed E-state index contributed by atoms with van der Waals surface area (Å²) in [5.41, 5.74) is 6.51. The van der Waals surface area contributed by atoms with E-state index in [2.05, 4.69) is 15.9 Å². The molecule has 1 saturated heterocycles. The Balaban J connectivity index is 2.04. The minimum atomic E-state index is -0.0435. The van der Waals surface area contributed by atoms with Gasteiger partial charge >= 0.3 is 0 Å². The van der Waals surface area contributed by atoms with Crippen molar-refractivity contribution >= 4 is 21.8 Å². The lowest BCUT2D eigenvalue weighted by Crippen LogP contribution is -2.42. The van der Waals surface area contributed by atoms with E-state index in [1.165, 1.54) is 0 Å². The summed E-state index contributed by atoms with van der Waals surface area (Å²) < 4.78 is 6.75. The molecule has 0 radical (unpaired) electrons. The number of hydrogen-bond acceptors (Lipinski definition) is 3. The molecule has 0 aromatic heterocycles. The second-order valence-corrected chi connectivity index (χ2v) is 5.21. The lowest BCUT2D eigenvalue weighted by atomic mass is 10.1. The summed E-state index contributed by atoms with van der Waals surface area (Å²) in [5, 5.41) is 0. The van der Waals surface area contributed by atoms with Gasteiger partial charge in [0.2, 0.25) is 5.91 Å². The number of nitrogens with zero attached hydrogens (tertiary/aromatic N) is 1. The highest BCUT2D eigenvalue weighted by molar-refractivity contribution is 9.10. The molecule has 1 aliphatic rings. The van der Waals surface area contributed by atoms with Gasteiger partial charge in [0.15, 0.2) is 0 Å². The second-order valence-electron chi connectivity index (χ2n) is 4.29. The van der Waals surface area contributed by atoms with Gasteiger partial charge in [-0.2, -0.15) is 0 Å².